The lowest BCUT2D eigenvalue weighted by molar-refractivity contribution is -0.137. The average Bonchev–Trinajstić information content (AvgIpc) is 2.29. The Balaban J connectivity index is 2.68. The Labute approximate surface area is 102 Å². The minimum absolute atomic E-state index is 0.155. The van der Waals surface area contributed by atoms with Crippen molar-refractivity contribution in [3.05, 3.63) is 24.3 Å². The van der Waals surface area contributed by atoms with Crippen molar-refractivity contribution < 1.29 is 14.6 Å². The molecule has 1 aromatic carbocycles. The summed E-state index contributed by atoms with van der Waals surface area (Å²) in [4.78, 5) is 10.7. The molecule has 0 heterocycles. The van der Waals surface area contributed by atoms with Crippen molar-refractivity contribution in [1.82, 2.24) is 0 Å². The molecule has 0 saturated carbocycles. The summed E-state index contributed by atoms with van der Waals surface area (Å²) in [6.07, 6.45) is 1.09. The Morgan fingerprint density at radius 1 is 1.47 bits per heavy atom. The van der Waals surface area contributed by atoms with Crippen molar-refractivity contribution >= 4 is 11.7 Å². The van der Waals surface area contributed by atoms with E-state index in [9.17, 15) is 4.79 Å². The van der Waals surface area contributed by atoms with Crippen LogP contribution in [-0.4, -0.2) is 23.2 Å². The molecule has 0 aliphatic rings. The predicted molar refractivity (Wildman–Crippen MR) is 67.5 cm³/mol. The highest BCUT2D eigenvalue weighted by atomic mass is 16.5. The van der Waals surface area contributed by atoms with Gasteiger partial charge in [0.05, 0.1) is 6.10 Å². The molecule has 2 atom stereocenters. The highest BCUT2D eigenvalue weighted by Gasteiger charge is 2.10. The highest BCUT2D eigenvalue weighted by Crippen LogP contribution is 2.19. The van der Waals surface area contributed by atoms with Gasteiger partial charge in [-0.2, -0.15) is 0 Å². The minimum Gasteiger partial charge on any atom is -0.491 e. The molecule has 0 aliphatic carbocycles. The molecule has 0 aromatic heterocycles. The standard InChI is InChI=1S/C13H19NO3/c1-4-9(2)17-12-7-5-6-11(8-12)14-10(3)13(15)16/h5-10,14H,4H2,1-3H3,(H,15,16). The lowest BCUT2D eigenvalue weighted by Gasteiger charge is -2.15. The maximum absolute atomic E-state index is 10.7. The molecule has 0 saturated heterocycles. The van der Waals surface area contributed by atoms with Crippen LogP contribution in [0.4, 0.5) is 5.69 Å². The number of hydrogen-bond acceptors (Lipinski definition) is 3. The van der Waals surface area contributed by atoms with Gasteiger partial charge in [0.15, 0.2) is 0 Å². The second kappa shape index (κ2) is 6.13. The van der Waals surface area contributed by atoms with Crippen LogP contribution in [0.5, 0.6) is 5.75 Å². The molecule has 2 N–H and O–H groups in total. The van der Waals surface area contributed by atoms with Crippen LogP contribution in [-0.2, 0) is 4.79 Å². The molecular formula is C13H19NO3. The van der Waals surface area contributed by atoms with Gasteiger partial charge in [-0.3, -0.25) is 4.79 Å². The van der Waals surface area contributed by atoms with Gasteiger partial charge in [-0.15, -0.1) is 0 Å². The zero-order chi connectivity index (χ0) is 12.8. The Morgan fingerprint density at radius 3 is 2.76 bits per heavy atom. The van der Waals surface area contributed by atoms with E-state index in [4.69, 9.17) is 9.84 Å². The van der Waals surface area contributed by atoms with E-state index in [0.717, 1.165) is 17.9 Å². The highest BCUT2D eigenvalue weighted by molar-refractivity contribution is 5.76. The summed E-state index contributed by atoms with van der Waals surface area (Å²) in [7, 11) is 0. The molecule has 0 spiro atoms. The van der Waals surface area contributed by atoms with Crippen molar-refractivity contribution in [2.24, 2.45) is 0 Å². The topological polar surface area (TPSA) is 58.6 Å². The molecule has 0 aliphatic heterocycles. The first-order valence-corrected chi connectivity index (χ1v) is 5.79. The van der Waals surface area contributed by atoms with E-state index in [0.29, 0.717) is 0 Å². The summed E-state index contributed by atoms with van der Waals surface area (Å²) < 4.78 is 5.66. The first-order chi connectivity index (χ1) is 8.02. The Morgan fingerprint density at radius 2 is 2.18 bits per heavy atom. The van der Waals surface area contributed by atoms with E-state index in [1.807, 2.05) is 31.2 Å². The van der Waals surface area contributed by atoms with Crippen LogP contribution in [0.25, 0.3) is 0 Å². The molecule has 0 amide bonds. The first-order valence-electron chi connectivity index (χ1n) is 5.79. The van der Waals surface area contributed by atoms with E-state index in [1.165, 1.54) is 0 Å². The van der Waals surface area contributed by atoms with Gasteiger partial charge in [-0.25, -0.2) is 0 Å². The number of carboxylic acids is 1. The van der Waals surface area contributed by atoms with Gasteiger partial charge in [-0.1, -0.05) is 13.0 Å². The number of carbonyl (C=O) groups is 1. The maximum Gasteiger partial charge on any atom is 0.325 e. The number of hydrogen-bond donors (Lipinski definition) is 2. The molecular weight excluding hydrogens is 218 g/mol. The van der Waals surface area contributed by atoms with E-state index in [2.05, 4.69) is 12.2 Å². The molecule has 4 nitrogen and oxygen atoms in total. The quantitative estimate of drug-likeness (QED) is 0.798. The van der Waals surface area contributed by atoms with Gasteiger partial charge in [-0.05, 0) is 32.4 Å². The molecule has 1 rings (SSSR count). The van der Waals surface area contributed by atoms with Crippen LogP contribution in [0.2, 0.25) is 0 Å². The predicted octanol–water partition coefficient (Wildman–Crippen LogP) is 2.75. The van der Waals surface area contributed by atoms with Gasteiger partial charge >= 0.3 is 5.97 Å². The fourth-order valence-corrected chi connectivity index (χ4v) is 1.29. The van der Waals surface area contributed by atoms with Crippen LogP contribution in [0.1, 0.15) is 27.2 Å². The Hall–Kier alpha value is -1.71. The Bertz CT molecular complexity index is 379. The molecule has 4 heteroatoms. The lowest BCUT2D eigenvalue weighted by Crippen LogP contribution is -2.25. The molecule has 0 bridgehead atoms. The first kappa shape index (κ1) is 13.4. The van der Waals surface area contributed by atoms with Crippen LogP contribution < -0.4 is 10.1 Å². The number of rotatable bonds is 6. The Kier molecular flexibility index (Phi) is 4.82. The van der Waals surface area contributed by atoms with Gasteiger partial charge in [0, 0.05) is 11.8 Å². The normalized spacial score (nSPS) is 13.8. The smallest absolute Gasteiger partial charge is 0.325 e. The summed E-state index contributed by atoms with van der Waals surface area (Å²) in [5.74, 6) is -0.125. The molecule has 0 fully saturated rings. The second-order valence-electron chi connectivity index (χ2n) is 4.07. The van der Waals surface area contributed by atoms with E-state index >= 15 is 0 Å². The number of nitrogens with one attached hydrogen (secondary N) is 1. The summed E-state index contributed by atoms with van der Waals surface area (Å²) in [6, 6.07) is 6.72. The molecule has 94 valence electrons. The number of ether oxygens (including phenoxy) is 1. The summed E-state index contributed by atoms with van der Waals surface area (Å²) in [5, 5.41) is 11.7. The largest absolute Gasteiger partial charge is 0.491 e. The second-order valence-corrected chi connectivity index (χ2v) is 4.07. The fourth-order valence-electron chi connectivity index (χ4n) is 1.29. The number of carboxylic acid groups (broad SMARTS) is 1. The molecule has 2 unspecified atom stereocenters. The van der Waals surface area contributed by atoms with Gasteiger partial charge in [0.25, 0.3) is 0 Å². The third-order valence-electron chi connectivity index (χ3n) is 2.50. The summed E-state index contributed by atoms with van der Waals surface area (Å²) >= 11 is 0. The van der Waals surface area contributed by atoms with Crippen molar-refractivity contribution in [1.29, 1.82) is 0 Å². The average molecular weight is 237 g/mol. The SMILES string of the molecule is CCC(C)Oc1cccc(NC(C)C(=O)O)c1. The maximum atomic E-state index is 10.7. The van der Waals surface area contributed by atoms with Crippen molar-refractivity contribution in [2.75, 3.05) is 5.32 Å². The van der Waals surface area contributed by atoms with Gasteiger partial charge < -0.3 is 15.2 Å². The van der Waals surface area contributed by atoms with Crippen molar-refractivity contribution in [2.45, 2.75) is 39.3 Å². The van der Waals surface area contributed by atoms with Crippen LogP contribution >= 0.6 is 0 Å². The van der Waals surface area contributed by atoms with Crippen molar-refractivity contribution in [3.8, 4) is 5.75 Å². The van der Waals surface area contributed by atoms with Crippen molar-refractivity contribution in [3.63, 3.8) is 0 Å². The third kappa shape index (κ3) is 4.34. The number of aliphatic carboxylic acids is 1. The molecule has 1 aromatic rings. The molecule has 0 radical (unpaired) electrons. The fraction of sp³-hybridized carbons (Fsp3) is 0.462. The zero-order valence-corrected chi connectivity index (χ0v) is 10.4. The summed E-state index contributed by atoms with van der Waals surface area (Å²) in [5.41, 5.74) is 0.751. The lowest BCUT2D eigenvalue weighted by atomic mass is 10.2. The third-order valence-corrected chi connectivity index (χ3v) is 2.50. The van der Waals surface area contributed by atoms with E-state index < -0.39 is 12.0 Å². The molecule has 17 heavy (non-hydrogen) atoms. The van der Waals surface area contributed by atoms with Crippen LogP contribution in [0.3, 0.4) is 0 Å². The van der Waals surface area contributed by atoms with E-state index in [-0.39, 0.29) is 6.10 Å². The summed E-state index contributed by atoms with van der Waals surface area (Å²) in [6.45, 7) is 5.66. The minimum atomic E-state index is -0.877. The number of benzene rings is 1. The van der Waals surface area contributed by atoms with E-state index in [1.54, 1.807) is 6.92 Å². The van der Waals surface area contributed by atoms with Gasteiger partial charge in [0.2, 0.25) is 0 Å². The van der Waals surface area contributed by atoms with Gasteiger partial charge in [0.1, 0.15) is 11.8 Å². The monoisotopic (exact) mass is 237 g/mol. The van der Waals surface area contributed by atoms with Crippen LogP contribution in [0.15, 0.2) is 24.3 Å². The van der Waals surface area contributed by atoms with Crippen LogP contribution in [0, 0.1) is 0 Å². The number of anilines is 1. The zero-order valence-electron chi connectivity index (χ0n) is 10.4.